The molecule has 1 aromatic rings. The lowest BCUT2D eigenvalue weighted by Gasteiger charge is -2.03. The predicted molar refractivity (Wildman–Crippen MR) is 60.0 cm³/mol. The van der Waals surface area contributed by atoms with E-state index in [4.69, 9.17) is 9.47 Å². The van der Waals surface area contributed by atoms with E-state index in [2.05, 4.69) is 10.3 Å². The molecular weight excluding hydrogens is 234 g/mol. The van der Waals surface area contributed by atoms with Crippen LogP contribution in [0.5, 0.6) is 0 Å². The summed E-state index contributed by atoms with van der Waals surface area (Å²) in [5, 5.41) is 13.9. The molecule has 1 heterocycles. The second-order valence-corrected chi connectivity index (χ2v) is 3.80. The highest BCUT2D eigenvalue weighted by atomic mass is 32.1. The number of hydrogen-bond donors (Lipinski definition) is 1. The molecule has 0 aliphatic rings. The molecule has 1 rings (SSSR count). The van der Waals surface area contributed by atoms with Crippen molar-refractivity contribution in [2.75, 3.05) is 38.8 Å². The van der Waals surface area contributed by atoms with Crippen LogP contribution in [0, 0.1) is 10.1 Å². The molecule has 90 valence electrons. The van der Waals surface area contributed by atoms with Crippen LogP contribution < -0.4 is 5.32 Å². The molecule has 8 heteroatoms. The Morgan fingerprint density at radius 2 is 2.38 bits per heavy atom. The topological polar surface area (TPSA) is 86.5 Å². The van der Waals surface area contributed by atoms with Crippen LogP contribution in [0.25, 0.3) is 0 Å². The van der Waals surface area contributed by atoms with Crippen molar-refractivity contribution in [2.24, 2.45) is 0 Å². The summed E-state index contributed by atoms with van der Waals surface area (Å²) in [6.45, 7) is 2.17. The van der Waals surface area contributed by atoms with Crippen LogP contribution in [0.4, 0.5) is 10.1 Å². The van der Waals surface area contributed by atoms with E-state index in [1.165, 1.54) is 6.20 Å². The summed E-state index contributed by atoms with van der Waals surface area (Å²) >= 11 is 1.01. The number of ether oxygens (including phenoxy) is 2. The van der Waals surface area contributed by atoms with Crippen molar-refractivity contribution in [1.82, 2.24) is 4.98 Å². The standard InChI is InChI=1S/C8H13N3O4S/c1-14-4-5-15-3-2-9-8-10-6-7(16-8)11(12)13/h6H,2-5H2,1H3,(H,9,10). The number of anilines is 1. The van der Waals surface area contributed by atoms with E-state index in [0.29, 0.717) is 31.5 Å². The van der Waals surface area contributed by atoms with Crippen LogP contribution in [0.1, 0.15) is 0 Å². The van der Waals surface area contributed by atoms with E-state index in [9.17, 15) is 10.1 Å². The Balaban J connectivity index is 2.14. The number of thiazole rings is 1. The summed E-state index contributed by atoms with van der Waals surface area (Å²) in [5.74, 6) is 0. The average Bonchev–Trinajstić information content (AvgIpc) is 2.72. The first-order valence-corrected chi connectivity index (χ1v) is 5.46. The molecule has 0 saturated carbocycles. The molecule has 0 aromatic carbocycles. The minimum atomic E-state index is -0.460. The van der Waals surface area contributed by atoms with Gasteiger partial charge in [0, 0.05) is 13.7 Å². The third-order valence-corrected chi connectivity index (χ3v) is 2.53. The van der Waals surface area contributed by atoms with Gasteiger partial charge in [-0.05, 0) is 11.3 Å². The molecule has 0 radical (unpaired) electrons. The van der Waals surface area contributed by atoms with Crippen LogP contribution in [0.3, 0.4) is 0 Å². The first-order valence-electron chi connectivity index (χ1n) is 4.65. The molecule has 0 amide bonds. The van der Waals surface area contributed by atoms with E-state index in [0.717, 1.165) is 11.3 Å². The molecular formula is C8H13N3O4S. The summed E-state index contributed by atoms with van der Waals surface area (Å²) in [4.78, 5) is 13.8. The number of methoxy groups -OCH3 is 1. The van der Waals surface area contributed by atoms with E-state index in [-0.39, 0.29) is 5.00 Å². The van der Waals surface area contributed by atoms with Crippen molar-refractivity contribution in [3.63, 3.8) is 0 Å². The maximum atomic E-state index is 10.4. The maximum absolute atomic E-state index is 10.4. The summed E-state index contributed by atoms with van der Waals surface area (Å²) in [5.41, 5.74) is 0. The van der Waals surface area contributed by atoms with E-state index in [1.54, 1.807) is 7.11 Å². The zero-order valence-corrected chi connectivity index (χ0v) is 9.66. The normalized spacial score (nSPS) is 10.3. The van der Waals surface area contributed by atoms with Gasteiger partial charge in [0.05, 0.1) is 24.7 Å². The number of nitrogens with zero attached hydrogens (tertiary/aromatic N) is 2. The van der Waals surface area contributed by atoms with Gasteiger partial charge in [-0.25, -0.2) is 4.98 Å². The maximum Gasteiger partial charge on any atom is 0.345 e. The van der Waals surface area contributed by atoms with Gasteiger partial charge in [0.1, 0.15) is 6.20 Å². The molecule has 1 N–H and O–H groups in total. The van der Waals surface area contributed by atoms with E-state index < -0.39 is 4.92 Å². The summed E-state index contributed by atoms with van der Waals surface area (Å²) in [6, 6.07) is 0. The smallest absolute Gasteiger partial charge is 0.345 e. The molecule has 7 nitrogen and oxygen atoms in total. The fourth-order valence-electron chi connectivity index (χ4n) is 0.906. The zero-order valence-electron chi connectivity index (χ0n) is 8.84. The third kappa shape index (κ3) is 4.51. The van der Waals surface area contributed by atoms with E-state index in [1.807, 2.05) is 0 Å². The summed E-state index contributed by atoms with van der Waals surface area (Å²) < 4.78 is 10.0. The number of aromatic nitrogens is 1. The fraction of sp³-hybridized carbons (Fsp3) is 0.625. The van der Waals surface area contributed by atoms with Gasteiger partial charge in [0.25, 0.3) is 0 Å². The Morgan fingerprint density at radius 1 is 1.56 bits per heavy atom. The number of nitrogens with one attached hydrogen (secondary N) is 1. The largest absolute Gasteiger partial charge is 0.382 e. The lowest BCUT2D eigenvalue weighted by Crippen LogP contribution is -2.11. The summed E-state index contributed by atoms with van der Waals surface area (Å²) in [7, 11) is 1.61. The molecule has 0 fully saturated rings. The fourth-order valence-corrected chi connectivity index (χ4v) is 1.56. The van der Waals surface area contributed by atoms with Crippen molar-refractivity contribution in [3.8, 4) is 0 Å². The van der Waals surface area contributed by atoms with Gasteiger partial charge in [-0.15, -0.1) is 0 Å². The second-order valence-electron chi connectivity index (χ2n) is 2.79. The van der Waals surface area contributed by atoms with Crippen molar-refractivity contribution >= 4 is 21.5 Å². The number of hydrogen-bond acceptors (Lipinski definition) is 7. The van der Waals surface area contributed by atoms with Crippen molar-refractivity contribution < 1.29 is 14.4 Å². The lowest BCUT2D eigenvalue weighted by atomic mass is 10.7. The quantitative estimate of drug-likeness (QED) is 0.421. The Morgan fingerprint density at radius 3 is 3.00 bits per heavy atom. The van der Waals surface area contributed by atoms with Crippen LogP contribution in [-0.4, -0.2) is 43.4 Å². The molecule has 0 unspecified atom stereocenters. The number of nitro groups is 1. The molecule has 0 saturated heterocycles. The van der Waals surface area contributed by atoms with Crippen molar-refractivity contribution in [2.45, 2.75) is 0 Å². The first-order chi connectivity index (χ1) is 7.74. The molecule has 0 atom stereocenters. The van der Waals surface area contributed by atoms with Gasteiger partial charge in [-0.2, -0.15) is 0 Å². The van der Waals surface area contributed by atoms with Gasteiger partial charge in [0.15, 0.2) is 5.13 Å². The van der Waals surface area contributed by atoms with Gasteiger partial charge in [-0.3, -0.25) is 10.1 Å². The van der Waals surface area contributed by atoms with Crippen molar-refractivity contribution in [1.29, 1.82) is 0 Å². The Hall–Kier alpha value is -1.25. The zero-order chi connectivity index (χ0) is 11.8. The van der Waals surface area contributed by atoms with Crippen molar-refractivity contribution in [3.05, 3.63) is 16.3 Å². The second kappa shape index (κ2) is 7.09. The molecule has 16 heavy (non-hydrogen) atoms. The minimum absolute atomic E-state index is 0.0304. The molecule has 0 spiro atoms. The molecule has 0 aliphatic heterocycles. The first kappa shape index (κ1) is 12.8. The lowest BCUT2D eigenvalue weighted by molar-refractivity contribution is -0.380. The minimum Gasteiger partial charge on any atom is -0.382 e. The molecule has 0 aliphatic carbocycles. The highest BCUT2D eigenvalue weighted by Gasteiger charge is 2.10. The van der Waals surface area contributed by atoms with Crippen LogP contribution in [0.2, 0.25) is 0 Å². The number of rotatable bonds is 8. The van der Waals surface area contributed by atoms with Crippen LogP contribution in [0.15, 0.2) is 6.20 Å². The Kier molecular flexibility index (Phi) is 5.68. The van der Waals surface area contributed by atoms with Gasteiger partial charge in [-0.1, -0.05) is 0 Å². The molecule has 1 aromatic heterocycles. The SMILES string of the molecule is COCCOCCNc1ncc([N+](=O)[O-])s1. The van der Waals surface area contributed by atoms with Gasteiger partial charge < -0.3 is 14.8 Å². The van der Waals surface area contributed by atoms with Gasteiger partial charge >= 0.3 is 5.00 Å². The third-order valence-electron chi connectivity index (χ3n) is 1.63. The Bertz CT molecular complexity index is 331. The van der Waals surface area contributed by atoms with Gasteiger partial charge in [0.2, 0.25) is 0 Å². The predicted octanol–water partition coefficient (Wildman–Crippen LogP) is 1.13. The summed E-state index contributed by atoms with van der Waals surface area (Å²) in [6.07, 6.45) is 1.23. The van der Waals surface area contributed by atoms with E-state index >= 15 is 0 Å². The molecule has 0 bridgehead atoms. The average molecular weight is 247 g/mol. The van der Waals surface area contributed by atoms with Crippen LogP contribution >= 0.6 is 11.3 Å². The highest BCUT2D eigenvalue weighted by Crippen LogP contribution is 2.24. The Labute approximate surface area is 96.5 Å². The monoisotopic (exact) mass is 247 g/mol. The highest BCUT2D eigenvalue weighted by molar-refractivity contribution is 7.18. The van der Waals surface area contributed by atoms with Crippen LogP contribution in [-0.2, 0) is 9.47 Å².